The van der Waals surface area contributed by atoms with Crippen molar-refractivity contribution >= 4 is 5.91 Å². The number of hydrogen-bond donors (Lipinski definition) is 2. The fraction of sp³-hybridized carbons (Fsp3) is 0.500. The first kappa shape index (κ1) is 8.25. The van der Waals surface area contributed by atoms with Crippen LogP contribution >= 0.6 is 0 Å². The van der Waals surface area contributed by atoms with Gasteiger partial charge in [0.1, 0.15) is 6.26 Å². The Kier molecular flexibility index (Phi) is 2.27. The van der Waals surface area contributed by atoms with E-state index in [0.717, 1.165) is 19.5 Å². The quantitative estimate of drug-likeness (QED) is 0.661. The van der Waals surface area contributed by atoms with Gasteiger partial charge in [0.25, 0.3) is 5.91 Å². The summed E-state index contributed by atoms with van der Waals surface area (Å²) >= 11 is 0. The number of carbonyl (C=O) groups is 1. The predicted octanol–water partition coefficient (Wildman–Crippen LogP) is -0.234. The average Bonchev–Trinajstić information content (AvgIpc) is 2.74. The number of nitrogens with one attached hydrogen (secondary N) is 2. The average molecular weight is 181 g/mol. The van der Waals surface area contributed by atoms with Crippen LogP contribution in [0.25, 0.3) is 0 Å². The van der Waals surface area contributed by atoms with E-state index in [-0.39, 0.29) is 11.9 Å². The van der Waals surface area contributed by atoms with Gasteiger partial charge in [0.05, 0.1) is 0 Å². The Bertz CT molecular complexity index is 278. The molecule has 2 heterocycles. The first-order chi connectivity index (χ1) is 6.36. The molecule has 1 aliphatic rings. The van der Waals surface area contributed by atoms with Crippen molar-refractivity contribution in [1.82, 2.24) is 15.6 Å². The summed E-state index contributed by atoms with van der Waals surface area (Å²) in [7, 11) is 0. The molecule has 0 saturated carbocycles. The Morgan fingerprint density at radius 2 is 2.69 bits per heavy atom. The lowest BCUT2D eigenvalue weighted by Gasteiger charge is -2.08. The summed E-state index contributed by atoms with van der Waals surface area (Å²) in [5.41, 5.74) is 0.340. The van der Waals surface area contributed by atoms with E-state index in [9.17, 15) is 4.79 Å². The lowest BCUT2D eigenvalue weighted by molar-refractivity contribution is 0.0935. The molecule has 0 aliphatic carbocycles. The minimum Gasteiger partial charge on any atom is -0.451 e. The molecule has 1 atom stereocenters. The molecular weight excluding hydrogens is 170 g/mol. The molecule has 2 rings (SSSR count). The van der Waals surface area contributed by atoms with Gasteiger partial charge >= 0.3 is 0 Å². The molecule has 1 amide bonds. The van der Waals surface area contributed by atoms with Crippen LogP contribution in [0.3, 0.4) is 0 Å². The number of carbonyl (C=O) groups excluding carboxylic acids is 1. The molecule has 1 saturated heterocycles. The smallest absolute Gasteiger partial charge is 0.273 e. The van der Waals surface area contributed by atoms with Gasteiger partial charge in [0.15, 0.2) is 12.1 Å². The molecule has 0 bridgehead atoms. The van der Waals surface area contributed by atoms with Crippen molar-refractivity contribution in [3.63, 3.8) is 0 Å². The second-order valence-electron chi connectivity index (χ2n) is 3.04. The number of rotatable bonds is 2. The van der Waals surface area contributed by atoms with Crippen LogP contribution in [0.4, 0.5) is 0 Å². The minimum absolute atomic E-state index is 0.164. The highest BCUT2D eigenvalue weighted by atomic mass is 16.3. The maximum atomic E-state index is 11.4. The summed E-state index contributed by atoms with van der Waals surface area (Å²) in [6.07, 6.45) is 3.57. The molecule has 5 heteroatoms. The lowest BCUT2D eigenvalue weighted by atomic mass is 10.2. The topological polar surface area (TPSA) is 67.2 Å². The Morgan fingerprint density at radius 1 is 1.77 bits per heavy atom. The van der Waals surface area contributed by atoms with Crippen molar-refractivity contribution in [3.05, 3.63) is 18.4 Å². The van der Waals surface area contributed by atoms with Crippen molar-refractivity contribution in [1.29, 1.82) is 0 Å². The molecule has 2 N–H and O–H groups in total. The zero-order valence-electron chi connectivity index (χ0n) is 7.12. The molecule has 0 aromatic carbocycles. The first-order valence-electron chi connectivity index (χ1n) is 4.26. The van der Waals surface area contributed by atoms with Crippen molar-refractivity contribution in [3.8, 4) is 0 Å². The predicted molar refractivity (Wildman–Crippen MR) is 45.2 cm³/mol. The van der Waals surface area contributed by atoms with Crippen molar-refractivity contribution < 1.29 is 9.21 Å². The number of hydrogen-bond acceptors (Lipinski definition) is 4. The summed E-state index contributed by atoms with van der Waals surface area (Å²) in [4.78, 5) is 15.2. The molecule has 1 aromatic heterocycles. The van der Waals surface area contributed by atoms with Crippen LogP contribution in [-0.4, -0.2) is 30.0 Å². The third kappa shape index (κ3) is 1.86. The second kappa shape index (κ2) is 3.57. The standard InChI is InChI=1S/C8H11N3O2/c12-8(7-4-13-5-10-7)11-6-1-2-9-3-6/h4-6,9H,1-3H2,(H,11,12)/t6-/m1/s1. The normalized spacial score (nSPS) is 21.7. The molecule has 5 nitrogen and oxygen atoms in total. The van der Waals surface area contributed by atoms with Gasteiger partial charge in [0.2, 0.25) is 0 Å². The SMILES string of the molecule is O=C(N[C@@H]1CCNC1)c1cocn1. The first-order valence-corrected chi connectivity index (χ1v) is 4.26. The van der Waals surface area contributed by atoms with E-state index < -0.39 is 0 Å². The highest BCUT2D eigenvalue weighted by Gasteiger charge is 2.18. The molecule has 1 fully saturated rings. The number of aromatic nitrogens is 1. The van der Waals surface area contributed by atoms with Gasteiger partial charge in [-0.05, 0) is 13.0 Å². The van der Waals surface area contributed by atoms with Gasteiger partial charge in [0, 0.05) is 12.6 Å². The maximum absolute atomic E-state index is 11.4. The van der Waals surface area contributed by atoms with Crippen molar-refractivity contribution in [2.24, 2.45) is 0 Å². The van der Waals surface area contributed by atoms with Gasteiger partial charge in [-0.2, -0.15) is 0 Å². The number of nitrogens with zero attached hydrogens (tertiary/aromatic N) is 1. The fourth-order valence-electron chi connectivity index (χ4n) is 1.36. The minimum atomic E-state index is -0.164. The van der Waals surface area contributed by atoms with Crippen LogP contribution in [0.2, 0.25) is 0 Å². The second-order valence-corrected chi connectivity index (χ2v) is 3.04. The van der Waals surface area contributed by atoms with Crippen molar-refractivity contribution in [2.45, 2.75) is 12.5 Å². The largest absolute Gasteiger partial charge is 0.451 e. The van der Waals surface area contributed by atoms with E-state index in [0.29, 0.717) is 5.69 Å². The van der Waals surface area contributed by atoms with Crippen LogP contribution in [0.5, 0.6) is 0 Å². The monoisotopic (exact) mass is 181 g/mol. The summed E-state index contributed by atoms with van der Waals surface area (Å²) in [5, 5.41) is 6.02. The summed E-state index contributed by atoms with van der Waals surface area (Å²) in [6, 6.07) is 0.226. The molecule has 1 aliphatic heterocycles. The summed E-state index contributed by atoms with van der Waals surface area (Å²) in [5.74, 6) is -0.164. The zero-order chi connectivity index (χ0) is 9.10. The number of oxazole rings is 1. The molecule has 1 aromatic rings. The summed E-state index contributed by atoms with van der Waals surface area (Å²) in [6.45, 7) is 1.80. The van der Waals surface area contributed by atoms with Gasteiger partial charge in [-0.1, -0.05) is 0 Å². The van der Waals surface area contributed by atoms with Gasteiger partial charge in [-0.3, -0.25) is 4.79 Å². The third-order valence-electron chi connectivity index (χ3n) is 2.06. The fourth-order valence-corrected chi connectivity index (χ4v) is 1.36. The Morgan fingerprint density at radius 3 is 3.31 bits per heavy atom. The van der Waals surface area contributed by atoms with Crippen LogP contribution < -0.4 is 10.6 Å². The molecular formula is C8H11N3O2. The maximum Gasteiger partial charge on any atom is 0.273 e. The highest BCUT2D eigenvalue weighted by molar-refractivity contribution is 5.92. The van der Waals surface area contributed by atoms with Crippen LogP contribution in [0.1, 0.15) is 16.9 Å². The summed E-state index contributed by atoms with van der Waals surface area (Å²) < 4.78 is 4.71. The highest BCUT2D eigenvalue weighted by Crippen LogP contribution is 2.00. The Balaban J connectivity index is 1.91. The van der Waals surface area contributed by atoms with E-state index in [1.807, 2.05) is 0 Å². The molecule has 0 spiro atoms. The van der Waals surface area contributed by atoms with Crippen LogP contribution in [0, 0.1) is 0 Å². The van der Waals surface area contributed by atoms with Gasteiger partial charge in [-0.25, -0.2) is 4.98 Å². The molecule has 0 unspecified atom stereocenters. The van der Waals surface area contributed by atoms with E-state index in [1.54, 1.807) is 0 Å². The lowest BCUT2D eigenvalue weighted by Crippen LogP contribution is -2.36. The van der Waals surface area contributed by atoms with E-state index in [2.05, 4.69) is 15.6 Å². The molecule has 70 valence electrons. The van der Waals surface area contributed by atoms with E-state index in [1.165, 1.54) is 12.7 Å². The van der Waals surface area contributed by atoms with Crippen molar-refractivity contribution in [2.75, 3.05) is 13.1 Å². The molecule has 0 radical (unpaired) electrons. The molecule has 13 heavy (non-hydrogen) atoms. The van der Waals surface area contributed by atoms with Crippen LogP contribution in [-0.2, 0) is 0 Å². The van der Waals surface area contributed by atoms with E-state index in [4.69, 9.17) is 4.42 Å². The zero-order valence-corrected chi connectivity index (χ0v) is 7.12. The number of amides is 1. The van der Waals surface area contributed by atoms with E-state index >= 15 is 0 Å². The van der Waals surface area contributed by atoms with Crippen LogP contribution in [0.15, 0.2) is 17.1 Å². The Hall–Kier alpha value is -1.36. The third-order valence-corrected chi connectivity index (χ3v) is 2.06. The van der Waals surface area contributed by atoms with Gasteiger partial charge < -0.3 is 15.1 Å². The Labute approximate surface area is 75.5 Å². The van der Waals surface area contributed by atoms with Gasteiger partial charge in [-0.15, -0.1) is 0 Å².